The second-order valence-corrected chi connectivity index (χ2v) is 6.72. The van der Waals surface area contributed by atoms with Crippen molar-refractivity contribution in [2.45, 2.75) is 26.4 Å². The summed E-state index contributed by atoms with van der Waals surface area (Å²) in [6.45, 7) is 7.95. The lowest BCUT2D eigenvalue weighted by Crippen LogP contribution is -2.43. The summed E-state index contributed by atoms with van der Waals surface area (Å²) in [6.07, 6.45) is 0. The van der Waals surface area contributed by atoms with E-state index in [0.29, 0.717) is 18.7 Å². The molecule has 0 aliphatic carbocycles. The van der Waals surface area contributed by atoms with Gasteiger partial charge >= 0.3 is 0 Å². The highest BCUT2D eigenvalue weighted by atomic mass is 16.2. The lowest BCUT2D eigenvalue weighted by atomic mass is 10.0. The first-order chi connectivity index (χ1) is 13.2. The van der Waals surface area contributed by atoms with Crippen LogP contribution in [0.2, 0.25) is 0 Å². The van der Waals surface area contributed by atoms with Crippen LogP contribution in [0.15, 0.2) is 54.6 Å². The third kappa shape index (κ3) is 4.19. The molecular weight excluding hydrogens is 338 g/mol. The predicted molar refractivity (Wildman–Crippen MR) is 106 cm³/mol. The molecule has 1 N–H and O–H groups in total. The molecule has 1 aliphatic rings. The molecule has 5 nitrogen and oxygen atoms in total. The van der Waals surface area contributed by atoms with E-state index in [0.717, 1.165) is 30.8 Å². The first kappa shape index (κ1) is 19.1. The molecule has 2 aromatic carbocycles. The third-order valence-corrected chi connectivity index (χ3v) is 5.15. The van der Waals surface area contributed by atoms with Crippen molar-refractivity contribution in [3.63, 3.8) is 0 Å². The Morgan fingerprint density at radius 3 is 2.41 bits per heavy atom. The number of likely N-dealkylation sites (N-methyl/N-ethyl adjacent to an activating group) is 1. The summed E-state index contributed by atoms with van der Waals surface area (Å²) in [5.74, 6) is -0.215. The topological polar surface area (TPSA) is 52.7 Å². The van der Waals surface area contributed by atoms with Crippen molar-refractivity contribution in [3.8, 4) is 0 Å². The molecule has 0 spiro atoms. The number of carbonyl (C=O) groups excluding carboxylic acids is 2. The summed E-state index contributed by atoms with van der Waals surface area (Å²) in [5.41, 5.74) is 2.49. The number of hydrogen-bond donors (Lipinski definition) is 1. The van der Waals surface area contributed by atoms with Crippen molar-refractivity contribution in [3.05, 3.63) is 71.3 Å². The van der Waals surface area contributed by atoms with Crippen LogP contribution in [0.5, 0.6) is 0 Å². The standard InChI is InChI=1S/C22H27N3O2/c1-3-24(4-2)15-14-23-21(26)20(17-10-6-5-7-11-17)25-16-18-12-8-9-13-19(18)22(25)27/h5-13,20H,3-4,14-16H2,1-2H3,(H,23,26)/t20-/m1/s1. The average Bonchev–Trinajstić information content (AvgIpc) is 3.03. The Labute approximate surface area is 161 Å². The van der Waals surface area contributed by atoms with Gasteiger partial charge in [-0.15, -0.1) is 0 Å². The minimum absolute atomic E-state index is 0.0849. The highest BCUT2D eigenvalue weighted by Gasteiger charge is 2.36. The summed E-state index contributed by atoms with van der Waals surface area (Å²) in [5, 5.41) is 3.03. The lowest BCUT2D eigenvalue weighted by Gasteiger charge is -2.28. The zero-order chi connectivity index (χ0) is 19.2. The van der Waals surface area contributed by atoms with E-state index in [4.69, 9.17) is 0 Å². The molecule has 1 atom stereocenters. The fraction of sp³-hybridized carbons (Fsp3) is 0.364. The van der Waals surface area contributed by atoms with E-state index in [1.54, 1.807) is 4.90 Å². The van der Waals surface area contributed by atoms with E-state index in [9.17, 15) is 9.59 Å². The molecule has 0 radical (unpaired) electrons. The molecule has 0 saturated carbocycles. The van der Waals surface area contributed by atoms with Gasteiger partial charge in [0, 0.05) is 25.2 Å². The van der Waals surface area contributed by atoms with Gasteiger partial charge < -0.3 is 15.1 Å². The van der Waals surface area contributed by atoms with Crippen LogP contribution in [0.1, 0.15) is 41.4 Å². The molecule has 2 aromatic rings. The summed E-state index contributed by atoms with van der Waals surface area (Å²) in [4.78, 5) is 29.9. The van der Waals surface area contributed by atoms with Crippen LogP contribution in [-0.2, 0) is 11.3 Å². The zero-order valence-corrected chi connectivity index (χ0v) is 16.0. The number of benzene rings is 2. The number of carbonyl (C=O) groups is 2. The molecule has 1 aliphatic heterocycles. The molecule has 0 bridgehead atoms. The number of nitrogens with zero attached hydrogens (tertiary/aromatic N) is 2. The Hall–Kier alpha value is -2.66. The molecule has 0 fully saturated rings. The smallest absolute Gasteiger partial charge is 0.255 e. The summed E-state index contributed by atoms with van der Waals surface area (Å²) in [7, 11) is 0. The summed E-state index contributed by atoms with van der Waals surface area (Å²) >= 11 is 0. The van der Waals surface area contributed by atoms with Crippen LogP contribution in [0.25, 0.3) is 0 Å². The van der Waals surface area contributed by atoms with Gasteiger partial charge in [0.2, 0.25) is 5.91 Å². The van der Waals surface area contributed by atoms with Gasteiger partial charge in [0.05, 0.1) is 0 Å². The van der Waals surface area contributed by atoms with Crippen LogP contribution >= 0.6 is 0 Å². The second-order valence-electron chi connectivity index (χ2n) is 6.72. The number of amides is 2. The molecule has 0 unspecified atom stereocenters. The largest absolute Gasteiger partial charge is 0.353 e. The molecule has 142 valence electrons. The van der Waals surface area contributed by atoms with Crippen LogP contribution in [-0.4, -0.2) is 47.8 Å². The van der Waals surface area contributed by atoms with Crippen LogP contribution < -0.4 is 5.32 Å². The third-order valence-electron chi connectivity index (χ3n) is 5.15. The van der Waals surface area contributed by atoms with E-state index in [2.05, 4.69) is 24.1 Å². The molecular formula is C22H27N3O2. The number of hydrogen-bond acceptors (Lipinski definition) is 3. The predicted octanol–water partition coefficient (Wildman–Crippen LogP) is 2.84. The SMILES string of the molecule is CCN(CC)CCNC(=O)[C@@H](c1ccccc1)N1Cc2ccccc2C1=O. The zero-order valence-electron chi connectivity index (χ0n) is 16.0. The highest BCUT2D eigenvalue weighted by Crippen LogP contribution is 2.31. The van der Waals surface area contributed by atoms with E-state index in [1.807, 2.05) is 54.6 Å². The van der Waals surface area contributed by atoms with Crippen molar-refractivity contribution in [1.82, 2.24) is 15.1 Å². The molecule has 1 heterocycles. The van der Waals surface area contributed by atoms with Gasteiger partial charge in [-0.3, -0.25) is 9.59 Å². The van der Waals surface area contributed by atoms with Gasteiger partial charge in [0.25, 0.3) is 5.91 Å². The Morgan fingerprint density at radius 1 is 1.07 bits per heavy atom. The first-order valence-electron chi connectivity index (χ1n) is 9.59. The Balaban J connectivity index is 1.79. The second kappa shape index (κ2) is 8.82. The number of nitrogens with one attached hydrogen (secondary N) is 1. The van der Waals surface area contributed by atoms with Crippen molar-refractivity contribution in [2.75, 3.05) is 26.2 Å². The van der Waals surface area contributed by atoms with Crippen LogP contribution in [0.4, 0.5) is 0 Å². The minimum atomic E-state index is -0.622. The number of fused-ring (bicyclic) bond motifs is 1. The Bertz CT molecular complexity index is 787. The van der Waals surface area contributed by atoms with Gasteiger partial charge in [-0.2, -0.15) is 0 Å². The van der Waals surface area contributed by atoms with Gasteiger partial charge in [-0.05, 0) is 30.3 Å². The van der Waals surface area contributed by atoms with Gasteiger partial charge in [0.1, 0.15) is 6.04 Å². The average molecular weight is 365 g/mol. The van der Waals surface area contributed by atoms with E-state index < -0.39 is 6.04 Å². The highest BCUT2D eigenvalue weighted by molar-refractivity contribution is 6.01. The van der Waals surface area contributed by atoms with E-state index in [1.165, 1.54) is 0 Å². The molecule has 5 heteroatoms. The van der Waals surface area contributed by atoms with E-state index >= 15 is 0 Å². The maximum Gasteiger partial charge on any atom is 0.255 e. The van der Waals surface area contributed by atoms with E-state index in [-0.39, 0.29) is 11.8 Å². The maximum atomic E-state index is 13.1. The van der Waals surface area contributed by atoms with Gasteiger partial charge in [0.15, 0.2) is 0 Å². The van der Waals surface area contributed by atoms with Gasteiger partial charge in [-0.1, -0.05) is 62.4 Å². The minimum Gasteiger partial charge on any atom is -0.353 e. The Morgan fingerprint density at radius 2 is 1.74 bits per heavy atom. The molecule has 0 aromatic heterocycles. The van der Waals surface area contributed by atoms with Crippen molar-refractivity contribution in [2.24, 2.45) is 0 Å². The Kier molecular flexibility index (Phi) is 6.24. The quantitative estimate of drug-likeness (QED) is 0.783. The summed E-state index contributed by atoms with van der Waals surface area (Å²) < 4.78 is 0. The number of rotatable bonds is 8. The fourth-order valence-corrected chi connectivity index (χ4v) is 3.57. The van der Waals surface area contributed by atoms with Crippen LogP contribution in [0.3, 0.4) is 0 Å². The molecule has 27 heavy (non-hydrogen) atoms. The fourth-order valence-electron chi connectivity index (χ4n) is 3.57. The summed E-state index contributed by atoms with van der Waals surface area (Å²) in [6, 6.07) is 16.5. The van der Waals surface area contributed by atoms with Gasteiger partial charge in [-0.25, -0.2) is 0 Å². The van der Waals surface area contributed by atoms with Crippen molar-refractivity contribution < 1.29 is 9.59 Å². The van der Waals surface area contributed by atoms with Crippen LogP contribution in [0, 0.1) is 0 Å². The normalized spacial score (nSPS) is 14.3. The molecule has 2 amide bonds. The van der Waals surface area contributed by atoms with Crippen molar-refractivity contribution in [1.29, 1.82) is 0 Å². The maximum absolute atomic E-state index is 13.1. The monoisotopic (exact) mass is 365 g/mol. The van der Waals surface area contributed by atoms with Crippen molar-refractivity contribution >= 4 is 11.8 Å². The molecule has 0 saturated heterocycles. The first-order valence-corrected chi connectivity index (χ1v) is 9.59. The lowest BCUT2D eigenvalue weighted by molar-refractivity contribution is -0.126. The molecule has 3 rings (SSSR count).